The van der Waals surface area contributed by atoms with Crippen molar-refractivity contribution in [2.45, 2.75) is 13.5 Å². The molecule has 3 N–H and O–H groups in total. The minimum Gasteiger partial charge on any atom is -0.467 e. The number of hydrogen-bond acceptors (Lipinski definition) is 4. The maximum Gasteiger partial charge on any atom is 0.268 e. The molecule has 2 rings (SSSR count). The first kappa shape index (κ1) is 13.6. The fourth-order valence-electron chi connectivity index (χ4n) is 1.69. The molecule has 0 radical (unpaired) electrons. The molecule has 0 aromatic carbocycles. The fraction of sp³-hybridized carbons (Fsp3) is 0.167. The van der Waals surface area contributed by atoms with E-state index >= 15 is 0 Å². The number of nitrogen functional groups attached to an aromatic ring is 1. The van der Waals surface area contributed by atoms with E-state index in [-0.39, 0.29) is 12.1 Å². The highest BCUT2D eigenvalue weighted by molar-refractivity contribution is 9.10. The molecule has 0 aliphatic carbocycles. The molecule has 0 aliphatic heterocycles. The molecule has 2 aromatic rings. The molecule has 0 aliphatic rings. The number of aryl methyl sites for hydroxylation is 1. The molecule has 100 valence electrons. The van der Waals surface area contributed by atoms with E-state index in [4.69, 9.17) is 10.3 Å². The smallest absolute Gasteiger partial charge is 0.268 e. The number of aromatic nitrogens is 1. The van der Waals surface area contributed by atoms with Gasteiger partial charge >= 0.3 is 0 Å². The number of hydrogen-bond donors (Lipinski definition) is 2. The van der Waals surface area contributed by atoms with Crippen molar-refractivity contribution in [2.24, 2.45) is 5.84 Å². The Labute approximate surface area is 117 Å². The lowest BCUT2D eigenvalue weighted by Crippen LogP contribution is -2.29. The summed E-state index contributed by atoms with van der Waals surface area (Å²) in [5.41, 5.74) is 2.85. The van der Waals surface area contributed by atoms with Crippen LogP contribution in [0.5, 0.6) is 0 Å². The Morgan fingerprint density at radius 2 is 2.26 bits per heavy atom. The van der Waals surface area contributed by atoms with E-state index < -0.39 is 5.91 Å². The molecule has 0 saturated carbocycles. The summed E-state index contributed by atoms with van der Waals surface area (Å²) in [6.07, 6.45) is 2.97. The van der Waals surface area contributed by atoms with E-state index in [9.17, 15) is 9.59 Å². The number of carbonyl (C=O) groups is 1. The topological polar surface area (TPSA) is 90.3 Å². The van der Waals surface area contributed by atoms with Crippen molar-refractivity contribution < 1.29 is 9.21 Å². The molecule has 0 fully saturated rings. The molecule has 7 heteroatoms. The molecule has 0 unspecified atom stereocenters. The standard InChI is InChI=1S/C12H12BrN3O3/c1-7-2-9(13)4-16(12(7)18)5-10-3-8(6-19-10)11(17)15-14/h2-4,6H,5,14H2,1H3,(H,15,17). The van der Waals surface area contributed by atoms with Crippen LogP contribution in [-0.2, 0) is 6.54 Å². The highest BCUT2D eigenvalue weighted by Gasteiger charge is 2.10. The molecule has 2 aromatic heterocycles. The molecule has 0 atom stereocenters. The third-order valence-electron chi connectivity index (χ3n) is 2.60. The SMILES string of the molecule is Cc1cc(Br)cn(Cc2cc(C(=O)NN)co2)c1=O. The van der Waals surface area contributed by atoms with Crippen LogP contribution >= 0.6 is 15.9 Å². The van der Waals surface area contributed by atoms with Crippen molar-refractivity contribution in [3.63, 3.8) is 0 Å². The zero-order valence-corrected chi connectivity index (χ0v) is 11.7. The number of nitrogens with zero attached hydrogens (tertiary/aromatic N) is 1. The molecule has 0 spiro atoms. The Balaban J connectivity index is 2.29. The van der Waals surface area contributed by atoms with Crippen LogP contribution in [0.3, 0.4) is 0 Å². The number of furan rings is 1. The molecule has 1 amide bonds. The van der Waals surface area contributed by atoms with Crippen molar-refractivity contribution >= 4 is 21.8 Å². The number of nitrogens with two attached hydrogens (primary N) is 1. The number of hydrazine groups is 1. The van der Waals surface area contributed by atoms with Crippen molar-refractivity contribution in [3.05, 3.63) is 56.3 Å². The van der Waals surface area contributed by atoms with Crippen molar-refractivity contribution in [3.8, 4) is 0 Å². The monoisotopic (exact) mass is 325 g/mol. The summed E-state index contributed by atoms with van der Waals surface area (Å²) < 4.78 is 7.54. The van der Waals surface area contributed by atoms with Crippen molar-refractivity contribution in [2.75, 3.05) is 0 Å². The average molecular weight is 326 g/mol. The molecule has 6 nitrogen and oxygen atoms in total. The first-order chi connectivity index (χ1) is 9.01. The predicted molar refractivity (Wildman–Crippen MR) is 72.6 cm³/mol. The third kappa shape index (κ3) is 2.94. The summed E-state index contributed by atoms with van der Waals surface area (Å²) in [6.45, 7) is 1.98. The van der Waals surface area contributed by atoms with Crippen LogP contribution in [0.4, 0.5) is 0 Å². The summed E-state index contributed by atoms with van der Waals surface area (Å²) in [6, 6.07) is 3.29. The van der Waals surface area contributed by atoms with Crippen molar-refractivity contribution in [1.82, 2.24) is 9.99 Å². The molecule has 0 bridgehead atoms. The summed E-state index contributed by atoms with van der Waals surface area (Å²) >= 11 is 3.33. The second-order valence-electron chi connectivity index (χ2n) is 4.05. The van der Waals surface area contributed by atoms with Crippen LogP contribution in [0, 0.1) is 6.92 Å². The number of pyridine rings is 1. The van der Waals surface area contributed by atoms with Crippen LogP contribution in [0.1, 0.15) is 21.7 Å². The molecule has 2 heterocycles. The Morgan fingerprint density at radius 1 is 1.53 bits per heavy atom. The maximum absolute atomic E-state index is 11.9. The van der Waals surface area contributed by atoms with Crippen molar-refractivity contribution in [1.29, 1.82) is 0 Å². The summed E-state index contributed by atoms with van der Waals surface area (Å²) in [4.78, 5) is 23.2. The quantitative estimate of drug-likeness (QED) is 0.503. The van der Waals surface area contributed by atoms with Gasteiger partial charge in [-0.15, -0.1) is 0 Å². The zero-order chi connectivity index (χ0) is 14.0. The van der Waals surface area contributed by atoms with Gasteiger partial charge in [0.05, 0.1) is 12.1 Å². The summed E-state index contributed by atoms with van der Waals surface area (Å²) in [7, 11) is 0. The van der Waals surface area contributed by atoms with Gasteiger partial charge in [0.1, 0.15) is 12.0 Å². The van der Waals surface area contributed by atoms with Gasteiger partial charge in [0.25, 0.3) is 11.5 Å². The van der Waals surface area contributed by atoms with E-state index in [2.05, 4.69) is 15.9 Å². The van der Waals surface area contributed by atoms with Crippen LogP contribution in [0.2, 0.25) is 0 Å². The minimum absolute atomic E-state index is 0.107. The lowest BCUT2D eigenvalue weighted by atomic mass is 10.3. The number of nitrogens with one attached hydrogen (secondary N) is 1. The van der Waals surface area contributed by atoms with Crippen LogP contribution < -0.4 is 16.8 Å². The number of rotatable bonds is 3. The second kappa shape index (κ2) is 5.41. The highest BCUT2D eigenvalue weighted by atomic mass is 79.9. The number of carbonyl (C=O) groups excluding carboxylic acids is 1. The maximum atomic E-state index is 11.9. The third-order valence-corrected chi connectivity index (χ3v) is 3.04. The second-order valence-corrected chi connectivity index (χ2v) is 4.97. The summed E-state index contributed by atoms with van der Waals surface area (Å²) in [5, 5.41) is 0. The van der Waals surface area contributed by atoms with Crippen LogP contribution in [0.15, 0.2) is 38.3 Å². The zero-order valence-electron chi connectivity index (χ0n) is 10.1. The molecule has 19 heavy (non-hydrogen) atoms. The van der Waals surface area contributed by atoms with Crippen LogP contribution in [0.25, 0.3) is 0 Å². The molecule has 0 saturated heterocycles. The largest absolute Gasteiger partial charge is 0.467 e. The Bertz CT molecular complexity index is 675. The van der Waals surface area contributed by atoms with E-state index in [1.54, 1.807) is 25.3 Å². The Hall–Kier alpha value is -1.86. The van der Waals surface area contributed by atoms with Gasteiger partial charge in [0, 0.05) is 16.2 Å². The predicted octanol–water partition coefficient (Wildman–Crippen LogP) is 1.16. The van der Waals surface area contributed by atoms with Gasteiger partial charge in [-0.2, -0.15) is 0 Å². The van der Waals surface area contributed by atoms with Crippen LogP contribution in [-0.4, -0.2) is 10.5 Å². The first-order valence-corrected chi connectivity index (χ1v) is 6.25. The van der Waals surface area contributed by atoms with Gasteiger partial charge in [-0.3, -0.25) is 15.0 Å². The van der Waals surface area contributed by atoms with E-state index in [1.807, 2.05) is 5.43 Å². The first-order valence-electron chi connectivity index (χ1n) is 5.46. The van der Waals surface area contributed by atoms with Gasteiger partial charge in [-0.05, 0) is 35.0 Å². The summed E-state index contributed by atoms with van der Waals surface area (Å²) in [5.74, 6) is 5.09. The molecular weight excluding hydrogens is 314 g/mol. The Kier molecular flexibility index (Phi) is 3.87. The van der Waals surface area contributed by atoms with E-state index in [1.165, 1.54) is 10.8 Å². The van der Waals surface area contributed by atoms with Gasteiger partial charge in [0.2, 0.25) is 0 Å². The average Bonchev–Trinajstić information content (AvgIpc) is 2.83. The van der Waals surface area contributed by atoms with Gasteiger partial charge in [-0.1, -0.05) is 0 Å². The highest BCUT2D eigenvalue weighted by Crippen LogP contribution is 2.12. The molecular formula is C12H12BrN3O3. The number of halogens is 1. The van der Waals surface area contributed by atoms with Gasteiger partial charge in [-0.25, -0.2) is 5.84 Å². The lowest BCUT2D eigenvalue weighted by Gasteiger charge is -2.05. The van der Waals surface area contributed by atoms with Gasteiger partial charge < -0.3 is 8.98 Å². The fourth-order valence-corrected chi connectivity index (χ4v) is 2.28. The lowest BCUT2D eigenvalue weighted by molar-refractivity contribution is 0.0953. The minimum atomic E-state index is -0.437. The number of amides is 1. The van der Waals surface area contributed by atoms with Gasteiger partial charge in [0.15, 0.2) is 0 Å². The van der Waals surface area contributed by atoms with E-state index in [0.29, 0.717) is 16.9 Å². The normalized spacial score (nSPS) is 10.5. The Morgan fingerprint density at radius 3 is 2.95 bits per heavy atom. The van der Waals surface area contributed by atoms with E-state index in [0.717, 1.165) is 4.47 Å².